The first-order chi connectivity index (χ1) is 8.97. The van der Waals surface area contributed by atoms with Crippen LogP contribution >= 0.6 is 31.9 Å². The Morgan fingerprint density at radius 2 is 1.84 bits per heavy atom. The molecule has 19 heavy (non-hydrogen) atoms. The highest BCUT2D eigenvalue weighted by molar-refractivity contribution is 9.11. The Morgan fingerprint density at radius 1 is 1.26 bits per heavy atom. The Labute approximate surface area is 132 Å². The summed E-state index contributed by atoms with van der Waals surface area (Å²) in [5.74, 6) is 1.36. The molecule has 0 amide bonds. The third-order valence-corrected chi connectivity index (χ3v) is 4.01. The predicted octanol–water partition coefficient (Wildman–Crippen LogP) is 3.72. The fourth-order valence-electron chi connectivity index (χ4n) is 1.96. The van der Waals surface area contributed by atoms with Crippen molar-refractivity contribution in [3.8, 4) is 5.75 Å². The van der Waals surface area contributed by atoms with E-state index in [-0.39, 0.29) is 12.6 Å². The van der Waals surface area contributed by atoms with Gasteiger partial charge >= 0.3 is 0 Å². The maximum atomic E-state index is 9.34. The Balaban J connectivity index is 2.67. The molecule has 0 radical (unpaired) electrons. The van der Waals surface area contributed by atoms with Crippen LogP contribution in [-0.4, -0.2) is 24.9 Å². The molecule has 0 saturated carbocycles. The highest BCUT2D eigenvalue weighted by Gasteiger charge is 2.11. The van der Waals surface area contributed by atoms with Gasteiger partial charge in [0.2, 0.25) is 0 Å². The van der Waals surface area contributed by atoms with Gasteiger partial charge in [0, 0.05) is 12.6 Å². The molecule has 0 fully saturated rings. The summed E-state index contributed by atoms with van der Waals surface area (Å²) in [5.41, 5.74) is 1.14. The topological polar surface area (TPSA) is 41.5 Å². The number of ether oxygens (including phenoxy) is 1. The van der Waals surface area contributed by atoms with E-state index in [4.69, 9.17) is 4.74 Å². The fraction of sp³-hybridized carbons (Fsp3) is 0.571. The lowest BCUT2D eigenvalue weighted by atomic mass is 10.0. The van der Waals surface area contributed by atoms with E-state index in [1.54, 1.807) is 7.11 Å². The van der Waals surface area contributed by atoms with Gasteiger partial charge in [-0.15, -0.1) is 0 Å². The number of methoxy groups -OCH3 is 1. The Kier molecular flexibility index (Phi) is 7.36. The number of rotatable bonds is 7. The molecule has 1 rings (SSSR count). The monoisotopic (exact) mass is 393 g/mol. The number of benzene rings is 1. The molecule has 0 spiro atoms. The van der Waals surface area contributed by atoms with Gasteiger partial charge in [-0.1, -0.05) is 13.8 Å². The molecular formula is C14H21Br2NO2. The minimum atomic E-state index is 0.139. The van der Waals surface area contributed by atoms with Crippen molar-refractivity contribution in [1.82, 2.24) is 5.32 Å². The molecule has 5 heteroatoms. The first-order valence-electron chi connectivity index (χ1n) is 6.34. The zero-order valence-electron chi connectivity index (χ0n) is 11.5. The largest absolute Gasteiger partial charge is 0.494 e. The molecule has 0 bridgehead atoms. The van der Waals surface area contributed by atoms with Gasteiger partial charge in [-0.3, -0.25) is 0 Å². The Hall–Kier alpha value is -0.100. The van der Waals surface area contributed by atoms with E-state index in [0.717, 1.165) is 33.2 Å². The van der Waals surface area contributed by atoms with Crippen LogP contribution in [0.3, 0.4) is 0 Å². The first kappa shape index (κ1) is 17.0. The number of halogens is 2. The summed E-state index contributed by atoms with van der Waals surface area (Å²) in [5, 5.41) is 12.7. The van der Waals surface area contributed by atoms with E-state index in [0.29, 0.717) is 5.92 Å². The Bertz CT molecular complexity index is 387. The molecule has 0 aliphatic heterocycles. The molecular weight excluding hydrogens is 374 g/mol. The fourth-order valence-corrected chi connectivity index (χ4v) is 3.57. The average molecular weight is 395 g/mol. The standard InChI is InChI=1S/C14H21Br2NO2/c1-9(2)4-11(8-18)17-7-10-5-12(15)14(19-3)13(16)6-10/h5-6,9,11,17-18H,4,7-8H2,1-3H3. The van der Waals surface area contributed by atoms with Crippen LogP contribution in [0.25, 0.3) is 0 Å². The van der Waals surface area contributed by atoms with Gasteiger partial charge in [-0.2, -0.15) is 0 Å². The minimum absolute atomic E-state index is 0.139. The van der Waals surface area contributed by atoms with Gasteiger partial charge in [0.25, 0.3) is 0 Å². The summed E-state index contributed by atoms with van der Waals surface area (Å²) < 4.78 is 7.12. The van der Waals surface area contributed by atoms with Crippen molar-refractivity contribution in [2.45, 2.75) is 32.9 Å². The zero-order valence-corrected chi connectivity index (χ0v) is 14.7. The highest BCUT2D eigenvalue weighted by atomic mass is 79.9. The molecule has 1 aromatic rings. The van der Waals surface area contributed by atoms with Crippen LogP contribution in [0.1, 0.15) is 25.8 Å². The summed E-state index contributed by atoms with van der Waals surface area (Å²) in [6.07, 6.45) is 0.967. The van der Waals surface area contributed by atoms with Gasteiger partial charge in [0.1, 0.15) is 5.75 Å². The van der Waals surface area contributed by atoms with Crippen LogP contribution in [-0.2, 0) is 6.54 Å². The normalized spacial score (nSPS) is 12.8. The van der Waals surface area contributed by atoms with Gasteiger partial charge in [-0.25, -0.2) is 0 Å². The van der Waals surface area contributed by atoms with Crippen molar-refractivity contribution in [1.29, 1.82) is 0 Å². The Morgan fingerprint density at radius 3 is 2.26 bits per heavy atom. The van der Waals surface area contributed by atoms with Crippen LogP contribution in [0, 0.1) is 5.92 Å². The van der Waals surface area contributed by atoms with Gasteiger partial charge in [0.05, 0.1) is 22.7 Å². The summed E-state index contributed by atoms with van der Waals surface area (Å²) in [4.78, 5) is 0. The third-order valence-electron chi connectivity index (χ3n) is 2.83. The van der Waals surface area contributed by atoms with Crippen LogP contribution < -0.4 is 10.1 Å². The predicted molar refractivity (Wildman–Crippen MR) is 85.6 cm³/mol. The third kappa shape index (κ3) is 5.42. The lowest BCUT2D eigenvalue weighted by molar-refractivity contribution is 0.223. The molecule has 0 aromatic heterocycles. The van der Waals surface area contributed by atoms with Crippen molar-refractivity contribution < 1.29 is 9.84 Å². The number of aliphatic hydroxyl groups is 1. The second-order valence-electron chi connectivity index (χ2n) is 4.98. The summed E-state index contributed by atoms with van der Waals surface area (Å²) in [7, 11) is 1.65. The van der Waals surface area contributed by atoms with Crippen molar-refractivity contribution in [2.75, 3.05) is 13.7 Å². The molecule has 0 aliphatic carbocycles. The van der Waals surface area contributed by atoms with E-state index in [9.17, 15) is 5.11 Å². The van der Waals surface area contributed by atoms with Gasteiger partial charge in [0.15, 0.2) is 0 Å². The van der Waals surface area contributed by atoms with Crippen LogP contribution in [0.5, 0.6) is 5.75 Å². The van der Waals surface area contributed by atoms with Gasteiger partial charge in [-0.05, 0) is 61.9 Å². The summed E-state index contributed by atoms with van der Waals surface area (Å²) >= 11 is 6.98. The number of hydrogen-bond acceptors (Lipinski definition) is 3. The molecule has 0 aliphatic rings. The van der Waals surface area contributed by atoms with Crippen LogP contribution in [0.4, 0.5) is 0 Å². The second kappa shape index (κ2) is 8.25. The maximum absolute atomic E-state index is 9.34. The quantitative estimate of drug-likeness (QED) is 0.740. The van der Waals surface area contributed by atoms with Crippen molar-refractivity contribution in [2.24, 2.45) is 5.92 Å². The SMILES string of the molecule is COc1c(Br)cc(CNC(CO)CC(C)C)cc1Br. The smallest absolute Gasteiger partial charge is 0.147 e. The molecule has 1 aromatic carbocycles. The van der Waals surface area contributed by atoms with E-state index < -0.39 is 0 Å². The minimum Gasteiger partial charge on any atom is -0.494 e. The van der Waals surface area contributed by atoms with Crippen molar-refractivity contribution in [3.63, 3.8) is 0 Å². The van der Waals surface area contributed by atoms with E-state index in [1.165, 1.54) is 0 Å². The van der Waals surface area contributed by atoms with E-state index >= 15 is 0 Å². The van der Waals surface area contributed by atoms with Gasteiger partial charge < -0.3 is 15.2 Å². The lowest BCUT2D eigenvalue weighted by Gasteiger charge is -2.19. The molecule has 108 valence electrons. The van der Waals surface area contributed by atoms with Crippen LogP contribution in [0.15, 0.2) is 21.1 Å². The first-order valence-corrected chi connectivity index (χ1v) is 7.92. The highest BCUT2D eigenvalue weighted by Crippen LogP contribution is 2.34. The van der Waals surface area contributed by atoms with Crippen LogP contribution in [0.2, 0.25) is 0 Å². The van der Waals surface area contributed by atoms with Crippen molar-refractivity contribution in [3.05, 3.63) is 26.6 Å². The number of nitrogens with one attached hydrogen (secondary N) is 1. The van der Waals surface area contributed by atoms with E-state index in [1.807, 2.05) is 12.1 Å². The summed E-state index contributed by atoms with van der Waals surface area (Å²) in [6, 6.07) is 4.19. The van der Waals surface area contributed by atoms with Crippen molar-refractivity contribution >= 4 is 31.9 Å². The average Bonchev–Trinajstić information content (AvgIpc) is 2.33. The second-order valence-corrected chi connectivity index (χ2v) is 6.69. The molecule has 3 nitrogen and oxygen atoms in total. The zero-order chi connectivity index (χ0) is 14.4. The molecule has 1 unspecified atom stereocenters. The van der Waals surface area contributed by atoms with E-state index in [2.05, 4.69) is 51.0 Å². The maximum Gasteiger partial charge on any atom is 0.147 e. The number of hydrogen-bond donors (Lipinski definition) is 2. The number of aliphatic hydroxyl groups excluding tert-OH is 1. The summed E-state index contributed by atoms with van der Waals surface area (Å²) in [6.45, 7) is 5.20. The molecule has 1 atom stereocenters. The molecule has 2 N–H and O–H groups in total. The molecule has 0 saturated heterocycles. The molecule has 0 heterocycles. The lowest BCUT2D eigenvalue weighted by Crippen LogP contribution is -2.33.